The van der Waals surface area contributed by atoms with Crippen molar-refractivity contribution in [2.75, 3.05) is 5.75 Å². The number of aromatic nitrogens is 4. The summed E-state index contributed by atoms with van der Waals surface area (Å²) < 4.78 is 64.1. The third kappa shape index (κ3) is 3.63. The molecule has 0 spiro atoms. The lowest BCUT2D eigenvalue weighted by Crippen LogP contribution is -2.13. The molecule has 0 fully saturated rings. The molecule has 27 heavy (non-hydrogen) atoms. The van der Waals surface area contributed by atoms with Gasteiger partial charge in [0.05, 0.1) is 11.3 Å². The first-order chi connectivity index (χ1) is 12.5. The predicted octanol–water partition coefficient (Wildman–Crippen LogP) is 1.61. The summed E-state index contributed by atoms with van der Waals surface area (Å²) in [4.78, 5) is 6.91. The number of pyridine rings is 2. The topological polar surface area (TPSA) is 118 Å². The molecule has 3 heterocycles. The number of halogens is 3. The maximum absolute atomic E-state index is 12.8. The fraction of sp³-hybridized carbons (Fsp3) is 0.267. The van der Waals surface area contributed by atoms with Crippen LogP contribution in [0.15, 0.2) is 35.6 Å². The summed E-state index contributed by atoms with van der Waals surface area (Å²) in [6.45, 7) is 1.39. The van der Waals surface area contributed by atoms with Crippen LogP contribution in [-0.2, 0) is 16.0 Å². The van der Waals surface area contributed by atoms with Crippen LogP contribution in [0.1, 0.15) is 24.5 Å². The van der Waals surface area contributed by atoms with Crippen molar-refractivity contribution in [3.8, 4) is 5.82 Å². The van der Waals surface area contributed by atoms with Crippen molar-refractivity contribution < 1.29 is 31.8 Å². The van der Waals surface area contributed by atoms with E-state index in [-0.39, 0.29) is 32.9 Å². The van der Waals surface area contributed by atoms with Crippen LogP contribution in [0.2, 0.25) is 0 Å². The molecule has 0 saturated heterocycles. The molecule has 0 atom stereocenters. The normalized spacial score (nSPS) is 12.9. The van der Waals surface area contributed by atoms with Crippen LogP contribution in [0.4, 0.5) is 13.2 Å². The molecule has 0 saturated carbocycles. The highest BCUT2D eigenvalue weighted by atomic mass is 32.2. The van der Waals surface area contributed by atoms with Gasteiger partial charge in [0.15, 0.2) is 21.9 Å². The average molecular weight is 402 g/mol. The Balaban J connectivity index is 2.21. The van der Waals surface area contributed by atoms with Crippen molar-refractivity contribution in [3.63, 3.8) is 0 Å². The van der Waals surface area contributed by atoms with Crippen molar-refractivity contribution in [1.82, 2.24) is 19.7 Å². The molecule has 0 amide bonds. The third-order valence-electron chi connectivity index (χ3n) is 3.76. The van der Waals surface area contributed by atoms with Gasteiger partial charge in [0.25, 0.3) is 0 Å². The zero-order valence-electron chi connectivity index (χ0n) is 13.7. The van der Waals surface area contributed by atoms with E-state index in [1.54, 1.807) is 0 Å². The smallest absolute Gasteiger partial charge is 0.364 e. The highest BCUT2D eigenvalue weighted by molar-refractivity contribution is 7.91. The summed E-state index contributed by atoms with van der Waals surface area (Å²) in [6.07, 6.45) is -3.28. The molecule has 2 N–H and O–H groups in total. The van der Waals surface area contributed by atoms with Crippen molar-refractivity contribution in [2.24, 2.45) is 0 Å². The van der Waals surface area contributed by atoms with Crippen LogP contribution in [0.25, 0.3) is 16.7 Å². The van der Waals surface area contributed by atoms with Gasteiger partial charge < -0.3 is 10.2 Å². The summed E-state index contributed by atoms with van der Waals surface area (Å²) >= 11 is 0. The number of aliphatic hydroxyl groups is 2. The van der Waals surface area contributed by atoms with E-state index in [9.17, 15) is 31.8 Å². The molecule has 144 valence electrons. The molecule has 0 unspecified atom stereocenters. The van der Waals surface area contributed by atoms with Gasteiger partial charge in [0.1, 0.15) is 10.6 Å². The third-order valence-corrected chi connectivity index (χ3v) is 5.49. The molecule has 0 aliphatic rings. The van der Waals surface area contributed by atoms with Gasteiger partial charge in [0.2, 0.25) is 0 Å². The van der Waals surface area contributed by atoms with Crippen molar-refractivity contribution in [3.05, 3.63) is 42.0 Å². The quantitative estimate of drug-likeness (QED) is 0.637. The average Bonchev–Trinajstić information content (AvgIpc) is 3.03. The van der Waals surface area contributed by atoms with Gasteiger partial charge in [-0.1, -0.05) is 6.92 Å². The van der Waals surface area contributed by atoms with Gasteiger partial charge in [-0.3, -0.25) is 4.98 Å². The van der Waals surface area contributed by atoms with Crippen molar-refractivity contribution in [1.29, 1.82) is 0 Å². The van der Waals surface area contributed by atoms with Gasteiger partial charge in [0, 0.05) is 29.5 Å². The Kier molecular flexibility index (Phi) is 4.66. The Morgan fingerprint density at radius 2 is 1.89 bits per heavy atom. The van der Waals surface area contributed by atoms with Gasteiger partial charge in [-0.2, -0.15) is 18.3 Å². The van der Waals surface area contributed by atoms with Crippen LogP contribution in [0, 0.1) is 0 Å². The van der Waals surface area contributed by atoms with Crippen LogP contribution < -0.4 is 0 Å². The van der Waals surface area contributed by atoms with E-state index in [4.69, 9.17) is 0 Å². The van der Waals surface area contributed by atoms with E-state index < -0.39 is 28.0 Å². The molecular formula is C15H13F3N4O4S. The molecule has 0 bridgehead atoms. The van der Waals surface area contributed by atoms with E-state index in [0.29, 0.717) is 0 Å². The lowest BCUT2D eigenvalue weighted by Gasteiger charge is -2.11. The number of aliphatic hydroxyl groups excluding tert-OH is 1. The second-order valence-corrected chi connectivity index (χ2v) is 7.81. The molecular weight excluding hydrogens is 389 g/mol. The summed E-state index contributed by atoms with van der Waals surface area (Å²) in [5.74, 6) is -0.473. The zero-order chi connectivity index (χ0) is 20.0. The Labute approximate surface area is 150 Å². The minimum atomic E-state index is -4.65. The molecule has 3 aromatic rings. The summed E-state index contributed by atoms with van der Waals surface area (Å²) in [6, 6.07) is 1.78. The fourth-order valence-electron chi connectivity index (χ4n) is 2.33. The summed E-state index contributed by atoms with van der Waals surface area (Å²) in [5, 5.41) is 22.7. The summed E-state index contributed by atoms with van der Waals surface area (Å²) in [7, 11) is -3.84. The van der Waals surface area contributed by atoms with E-state index in [1.807, 2.05) is 0 Å². The largest absolute Gasteiger partial charge is 0.433 e. The van der Waals surface area contributed by atoms with E-state index in [1.165, 1.54) is 13.1 Å². The molecule has 8 nitrogen and oxygen atoms in total. The maximum Gasteiger partial charge on any atom is 0.433 e. The van der Waals surface area contributed by atoms with Crippen LogP contribution in [0.3, 0.4) is 0 Å². The highest BCUT2D eigenvalue weighted by Crippen LogP contribution is 2.30. The van der Waals surface area contributed by atoms with Crippen LogP contribution in [0.5, 0.6) is 0 Å². The Morgan fingerprint density at radius 1 is 1.19 bits per heavy atom. The lowest BCUT2D eigenvalue weighted by molar-refractivity contribution is -0.141. The number of hydrogen-bond acceptors (Lipinski definition) is 7. The predicted molar refractivity (Wildman–Crippen MR) is 86.6 cm³/mol. The minimum absolute atomic E-state index is 0.0507. The number of alkyl halides is 3. The Bertz CT molecular complexity index is 1110. The monoisotopic (exact) mass is 402 g/mol. The number of sulfone groups is 1. The molecule has 0 radical (unpaired) electrons. The molecule has 3 aromatic heterocycles. The molecule has 0 aliphatic heterocycles. The SMILES string of the molecule is CCS(=O)(=O)c1cc(C(O)O)cnc1-n1cc2cnc(C(F)(F)F)cc2n1. The fourth-order valence-corrected chi connectivity index (χ4v) is 3.38. The standard InChI is InChI=1S/C15H13F3N4O4S/c1-2-27(25,26)11-3-8(14(23)24)5-20-13(11)22-7-9-6-19-12(15(16,17)18)4-10(9)21-22/h3-7,14,23-24H,2H2,1H3. The molecule has 0 aliphatic carbocycles. The van der Waals surface area contributed by atoms with Crippen molar-refractivity contribution >= 4 is 20.7 Å². The number of fused-ring (bicyclic) bond motifs is 1. The molecule has 12 heteroatoms. The van der Waals surface area contributed by atoms with Crippen molar-refractivity contribution in [2.45, 2.75) is 24.3 Å². The maximum atomic E-state index is 12.8. The number of nitrogens with zero attached hydrogens (tertiary/aromatic N) is 4. The first-order valence-corrected chi connectivity index (χ1v) is 9.20. The van der Waals surface area contributed by atoms with E-state index in [0.717, 1.165) is 29.2 Å². The Hall–Kier alpha value is -2.57. The second-order valence-electron chi connectivity index (χ2n) is 5.57. The minimum Gasteiger partial charge on any atom is -0.364 e. The van der Waals surface area contributed by atoms with Gasteiger partial charge in [-0.15, -0.1) is 0 Å². The van der Waals surface area contributed by atoms with E-state index in [2.05, 4.69) is 15.1 Å². The zero-order valence-corrected chi connectivity index (χ0v) is 14.5. The van der Waals surface area contributed by atoms with Gasteiger partial charge in [-0.05, 0) is 12.1 Å². The summed E-state index contributed by atoms with van der Waals surface area (Å²) in [5.41, 5.74) is -1.33. The second kappa shape index (κ2) is 6.55. The number of rotatable bonds is 4. The Morgan fingerprint density at radius 3 is 2.48 bits per heavy atom. The molecule has 3 rings (SSSR count). The lowest BCUT2D eigenvalue weighted by atomic mass is 10.2. The van der Waals surface area contributed by atoms with Gasteiger partial charge >= 0.3 is 6.18 Å². The number of hydrogen-bond donors (Lipinski definition) is 2. The first-order valence-electron chi connectivity index (χ1n) is 7.55. The van der Waals surface area contributed by atoms with Crippen LogP contribution >= 0.6 is 0 Å². The van der Waals surface area contributed by atoms with Crippen LogP contribution in [-0.4, -0.2) is 44.1 Å². The first kappa shape index (κ1) is 19.2. The molecule has 0 aromatic carbocycles. The van der Waals surface area contributed by atoms with Gasteiger partial charge in [-0.25, -0.2) is 18.1 Å². The van der Waals surface area contributed by atoms with E-state index >= 15 is 0 Å². The highest BCUT2D eigenvalue weighted by Gasteiger charge is 2.33.